The largest absolute Gasteiger partial charge is 0.412 e. The second-order valence-corrected chi connectivity index (χ2v) is 5.12. The lowest BCUT2D eigenvalue weighted by Gasteiger charge is -2.22. The molecule has 0 aliphatic rings. The van der Waals surface area contributed by atoms with Crippen LogP contribution in [0.25, 0.3) is 0 Å². The van der Waals surface area contributed by atoms with E-state index >= 15 is 0 Å². The van der Waals surface area contributed by atoms with E-state index in [2.05, 4.69) is 5.32 Å². The van der Waals surface area contributed by atoms with Gasteiger partial charge in [0, 0.05) is 18.2 Å². The number of anilines is 1. The maximum atomic E-state index is 13.2. The summed E-state index contributed by atoms with van der Waals surface area (Å²) in [6, 6.07) is 10.6. The van der Waals surface area contributed by atoms with Crippen LogP contribution in [0.15, 0.2) is 54.6 Å². The monoisotopic (exact) mass is 336 g/mol. The maximum absolute atomic E-state index is 13.2. The van der Waals surface area contributed by atoms with Crippen molar-refractivity contribution in [1.29, 1.82) is 0 Å². The Bertz CT molecular complexity index is 713. The predicted octanol–water partition coefficient (Wildman–Crippen LogP) is 3.68. The Morgan fingerprint density at radius 2 is 1.54 bits per heavy atom. The van der Waals surface area contributed by atoms with Crippen molar-refractivity contribution in [1.82, 2.24) is 5.32 Å². The zero-order chi connectivity index (χ0) is 17.7. The van der Waals surface area contributed by atoms with Crippen molar-refractivity contribution < 1.29 is 22.8 Å². The van der Waals surface area contributed by atoms with Crippen LogP contribution in [-0.2, 0) is 4.79 Å². The van der Waals surface area contributed by atoms with Gasteiger partial charge in [-0.2, -0.15) is 13.2 Å². The van der Waals surface area contributed by atoms with E-state index in [1.54, 1.807) is 6.07 Å². The van der Waals surface area contributed by atoms with Gasteiger partial charge >= 0.3 is 6.18 Å². The van der Waals surface area contributed by atoms with Crippen LogP contribution in [0.4, 0.5) is 18.9 Å². The molecule has 0 aliphatic heterocycles. The average Bonchev–Trinajstić information content (AvgIpc) is 2.52. The summed E-state index contributed by atoms with van der Waals surface area (Å²) in [7, 11) is 0. The van der Waals surface area contributed by atoms with Gasteiger partial charge in [-0.15, -0.1) is 0 Å². The van der Waals surface area contributed by atoms with Gasteiger partial charge in [-0.3, -0.25) is 9.59 Å². The van der Waals surface area contributed by atoms with Gasteiger partial charge in [-0.1, -0.05) is 30.3 Å². The molecule has 2 amide bonds. The summed E-state index contributed by atoms with van der Waals surface area (Å²) in [6.45, 7) is 1.33. The molecular formula is C17H15F3N2O2. The molecule has 0 fully saturated rings. The van der Waals surface area contributed by atoms with Crippen molar-refractivity contribution >= 4 is 17.5 Å². The first kappa shape index (κ1) is 17.5. The maximum Gasteiger partial charge on any atom is 0.412 e. The predicted molar refractivity (Wildman–Crippen MR) is 83.4 cm³/mol. The fourth-order valence-electron chi connectivity index (χ4n) is 2.12. The Hall–Kier alpha value is -2.83. The number of benzene rings is 2. The first-order chi connectivity index (χ1) is 11.3. The zero-order valence-electron chi connectivity index (χ0n) is 12.7. The third kappa shape index (κ3) is 4.58. The molecule has 0 heterocycles. The normalized spacial score (nSPS) is 12.3. The summed E-state index contributed by atoms with van der Waals surface area (Å²) in [5, 5.41) is 4.51. The summed E-state index contributed by atoms with van der Waals surface area (Å²) in [4.78, 5) is 23.0. The minimum atomic E-state index is -4.62. The standard InChI is InChI=1S/C17H15F3N2O2/c1-11(23)21-14-9-7-13(8-10-14)16(24)22-15(17(18,19)20)12-5-3-2-4-6-12/h2-10,15H,1H3,(H,21,23)(H,22,24). The highest BCUT2D eigenvalue weighted by Crippen LogP contribution is 2.32. The zero-order valence-corrected chi connectivity index (χ0v) is 12.7. The van der Waals surface area contributed by atoms with Crippen LogP contribution in [-0.4, -0.2) is 18.0 Å². The van der Waals surface area contributed by atoms with Crippen LogP contribution in [0.1, 0.15) is 28.9 Å². The summed E-state index contributed by atoms with van der Waals surface area (Å²) in [5.41, 5.74) is 0.469. The fraction of sp³-hybridized carbons (Fsp3) is 0.176. The number of alkyl halides is 3. The second-order valence-electron chi connectivity index (χ2n) is 5.12. The summed E-state index contributed by atoms with van der Waals surface area (Å²) in [6.07, 6.45) is -4.62. The molecule has 0 saturated heterocycles. The summed E-state index contributed by atoms with van der Waals surface area (Å²) in [5.74, 6) is -1.14. The van der Waals surface area contributed by atoms with E-state index in [-0.39, 0.29) is 17.0 Å². The Morgan fingerprint density at radius 3 is 2.04 bits per heavy atom. The fourth-order valence-corrected chi connectivity index (χ4v) is 2.12. The van der Waals surface area contributed by atoms with E-state index in [1.807, 2.05) is 5.32 Å². The number of rotatable bonds is 4. The summed E-state index contributed by atoms with van der Waals surface area (Å²) >= 11 is 0. The number of halogens is 3. The van der Waals surface area contributed by atoms with E-state index < -0.39 is 18.1 Å². The van der Waals surface area contributed by atoms with Crippen molar-refractivity contribution in [3.8, 4) is 0 Å². The molecule has 0 spiro atoms. The smallest absolute Gasteiger partial charge is 0.337 e. The molecule has 0 saturated carbocycles. The molecule has 1 atom stereocenters. The van der Waals surface area contributed by atoms with Gasteiger partial charge < -0.3 is 10.6 Å². The first-order valence-electron chi connectivity index (χ1n) is 7.07. The molecule has 2 aromatic carbocycles. The van der Waals surface area contributed by atoms with Gasteiger partial charge in [0.05, 0.1) is 0 Å². The van der Waals surface area contributed by atoms with Crippen LogP contribution in [0.2, 0.25) is 0 Å². The quantitative estimate of drug-likeness (QED) is 0.895. The third-order valence-electron chi connectivity index (χ3n) is 3.20. The van der Waals surface area contributed by atoms with Crippen molar-refractivity contribution in [3.05, 3.63) is 65.7 Å². The van der Waals surface area contributed by atoms with Crippen molar-refractivity contribution in [2.45, 2.75) is 19.1 Å². The van der Waals surface area contributed by atoms with Crippen molar-refractivity contribution in [3.63, 3.8) is 0 Å². The minimum Gasteiger partial charge on any atom is -0.337 e. The minimum absolute atomic E-state index is 0.0479. The number of amides is 2. The molecule has 0 radical (unpaired) electrons. The van der Waals surface area contributed by atoms with E-state index in [0.717, 1.165) is 0 Å². The van der Waals surface area contributed by atoms with Gasteiger partial charge in [-0.05, 0) is 29.8 Å². The van der Waals surface area contributed by atoms with Crippen LogP contribution in [0.3, 0.4) is 0 Å². The average molecular weight is 336 g/mol. The second kappa shape index (κ2) is 7.16. The van der Waals surface area contributed by atoms with Crippen LogP contribution in [0, 0.1) is 0 Å². The highest BCUT2D eigenvalue weighted by molar-refractivity contribution is 5.95. The van der Waals surface area contributed by atoms with E-state index in [1.165, 1.54) is 55.5 Å². The molecule has 2 N–H and O–H groups in total. The molecule has 0 bridgehead atoms. The third-order valence-corrected chi connectivity index (χ3v) is 3.20. The topological polar surface area (TPSA) is 58.2 Å². The highest BCUT2D eigenvalue weighted by Gasteiger charge is 2.41. The molecule has 1 unspecified atom stereocenters. The molecule has 2 aromatic rings. The lowest BCUT2D eigenvalue weighted by atomic mass is 10.1. The number of hydrogen-bond donors (Lipinski definition) is 2. The Kier molecular flexibility index (Phi) is 5.23. The molecule has 126 valence electrons. The lowest BCUT2D eigenvalue weighted by Crippen LogP contribution is -2.38. The number of carbonyl (C=O) groups excluding carboxylic acids is 2. The number of hydrogen-bond acceptors (Lipinski definition) is 2. The molecular weight excluding hydrogens is 321 g/mol. The van der Waals surface area contributed by atoms with Crippen molar-refractivity contribution in [2.24, 2.45) is 0 Å². The van der Waals surface area contributed by atoms with Gasteiger partial charge in [0.2, 0.25) is 5.91 Å². The molecule has 4 nitrogen and oxygen atoms in total. The van der Waals surface area contributed by atoms with Crippen LogP contribution >= 0.6 is 0 Å². The SMILES string of the molecule is CC(=O)Nc1ccc(C(=O)NC(c2ccccc2)C(F)(F)F)cc1. The van der Waals surface area contributed by atoms with E-state index in [9.17, 15) is 22.8 Å². The van der Waals surface area contributed by atoms with E-state index in [0.29, 0.717) is 5.69 Å². The number of carbonyl (C=O) groups is 2. The van der Waals surface area contributed by atoms with Crippen LogP contribution < -0.4 is 10.6 Å². The summed E-state index contributed by atoms with van der Waals surface area (Å²) < 4.78 is 39.7. The molecule has 0 aliphatic carbocycles. The Balaban J connectivity index is 2.17. The van der Waals surface area contributed by atoms with Gasteiger partial charge in [0.15, 0.2) is 6.04 Å². The van der Waals surface area contributed by atoms with Crippen molar-refractivity contribution in [2.75, 3.05) is 5.32 Å². The van der Waals surface area contributed by atoms with E-state index in [4.69, 9.17) is 0 Å². The van der Waals surface area contributed by atoms with Crippen LogP contribution in [0.5, 0.6) is 0 Å². The molecule has 0 aromatic heterocycles. The molecule has 2 rings (SSSR count). The lowest BCUT2D eigenvalue weighted by molar-refractivity contribution is -0.155. The molecule has 24 heavy (non-hydrogen) atoms. The highest BCUT2D eigenvalue weighted by atomic mass is 19.4. The van der Waals surface area contributed by atoms with Gasteiger partial charge in [0.25, 0.3) is 5.91 Å². The van der Waals surface area contributed by atoms with Gasteiger partial charge in [0.1, 0.15) is 0 Å². The number of nitrogens with one attached hydrogen (secondary N) is 2. The van der Waals surface area contributed by atoms with Gasteiger partial charge in [-0.25, -0.2) is 0 Å². The Morgan fingerprint density at radius 1 is 0.958 bits per heavy atom. The molecule has 7 heteroatoms. The first-order valence-corrected chi connectivity index (χ1v) is 7.07. The Labute approximate surface area is 136 Å².